The smallest absolute Gasteiger partial charge is 0.346 e. The second kappa shape index (κ2) is 7.93. The first-order chi connectivity index (χ1) is 12.9. The Kier molecular flexibility index (Phi) is 5.68. The molecule has 0 amide bonds. The highest BCUT2D eigenvalue weighted by atomic mass is 16.6. The van der Waals surface area contributed by atoms with Gasteiger partial charge in [0, 0.05) is 5.56 Å². The Labute approximate surface area is 154 Å². The molecule has 0 bridgehead atoms. The first-order valence-electron chi connectivity index (χ1n) is 7.66. The molecule has 3 N–H and O–H groups in total. The summed E-state index contributed by atoms with van der Waals surface area (Å²) in [5.41, 5.74) is 5.17. The van der Waals surface area contributed by atoms with Crippen LogP contribution in [0.25, 0.3) is 11.1 Å². The largest absolute Gasteiger partial charge is 0.493 e. The summed E-state index contributed by atoms with van der Waals surface area (Å²) in [6.07, 6.45) is -0.880. The van der Waals surface area contributed by atoms with E-state index in [-0.39, 0.29) is 34.0 Å². The van der Waals surface area contributed by atoms with E-state index in [0.29, 0.717) is 5.56 Å². The van der Waals surface area contributed by atoms with E-state index in [9.17, 15) is 20.1 Å². The number of ether oxygens (including phenoxy) is 3. The Morgan fingerprint density at radius 3 is 2.41 bits per heavy atom. The summed E-state index contributed by atoms with van der Waals surface area (Å²) in [5, 5.41) is 18.7. The minimum atomic E-state index is -0.880. The number of nitrogen functional groups attached to an aromatic ring is 1. The van der Waals surface area contributed by atoms with Gasteiger partial charge in [-0.15, -0.1) is 0 Å². The number of carbonyl (C=O) groups excluding carboxylic acids is 1. The number of anilines is 1. The molecule has 0 aliphatic carbocycles. The summed E-state index contributed by atoms with van der Waals surface area (Å²) in [6, 6.07) is 8.18. The van der Waals surface area contributed by atoms with Crippen LogP contribution >= 0.6 is 0 Å². The van der Waals surface area contributed by atoms with E-state index in [4.69, 9.17) is 15.2 Å². The quantitative estimate of drug-likeness (QED) is 0.750. The molecule has 0 aliphatic rings. The summed E-state index contributed by atoms with van der Waals surface area (Å²) >= 11 is 0. The minimum absolute atomic E-state index is 0.0372. The Balaban J connectivity index is 2.63. The molecule has 138 valence electrons. The average molecular weight is 368 g/mol. The van der Waals surface area contributed by atoms with E-state index in [1.165, 1.54) is 39.3 Å². The third-order valence-electron chi connectivity index (χ3n) is 3.76. The molecule has 1 heterocycles. The van der Waals surface area contributed by atoms with E-state index in [1.807, 2.05) is 6.07 Å². The summed E-state index contributed by atoms with van der Waals surface area (Å²) < 4.78 is 15.4. The highest BCUT2D eigenvalue weighted by molar-refractivity contribution is 5.81. The zero-order chi connectivity index (χ0) is 20.1. The molecule has 9 heteroatoms. The number of nitriles is 2. The number of esters is 1. The zero-order valence-electron chi connectivity index (χ0n) is 14.8. The van der Waals surface area contributed by atoms with E-state index >= 15 is 0 Å². The Bertz CT molecular complexity index is 1030. The lowest BCUT2D eigenvalue weighted by molar-refractivity contribution is -0.147. The third kappa shape index (κ3) is 3.67. The molecule has 1 atom stereocenters. The number of carbonyl (C=O) groups is 1. The van der Waals surface area contributed by atoms with E-state index in [0.717, 1.165) is 0 Å². The van der Waals surface area contributed by atoms with E-state index in [2.05, 4.69) is 9.72 Å². The van der Waals surface area contributed by atoms with Gasteiger partial charge in [-0.1, -0.05) is 6.07 Å². The monoisotopic (exact) mass is 368 g/mol. The van der Waals surface area contributed by atoms with Gasteiger partial charge < -0.3 is 24.9 Å². The van der Waals surface area contributed by atoms with Crippen molar-refractivity contribution in [3.63, 3.8) is 0 Å². The van der Waals surface area contributed by atoms with Crippen molar-refractivity contribution in [1.29, 1.82) is 10.5 Å². The Hall–Kier alpha value is -3.98. The maximum atomic E-state index is 12.0. The van der Waals surface area contributed by atoms with Gasteiger partial charge in [-0.05, 0) is 24.6 Å². The molecule has 1 aromatic heterocycles. The van der Waals surface area contributed by atoms with Gasteiger partial charge in [-0.25, -0.2) is 4.79 Å². The van der Waals surface area contributed by atoms with Crippen LogP contribution in [0.5, 0.6) is 11.5 Å². The van der Waals surface area contributed by atoms with Crippen LogP contribution in [0.1, 0.15) is 18.1 Å². The highest BCUT2D eigenvalue weighted by Gasteiger charge is 2.21. The lowest BCUT2D eigenvalue weighted by Crippen LogP contribution is -2.25. The molecule has 1 unspecified atom stereocenters. The predicted molar refractivity (Wildman–Crippen MR) is 95.0 cm³/mol. The van der Waals surface area contributed by atoms with Crippen molar-refractivity contribution in [1.82, 2.24) is 4.98 Å². The van der Waals surface area contributed by atoms with Gasteiger partial charge in [0.1, 0.15) is 29.1 Å². The van der Waals surface area contributed by atoms with Crippen LogP contribution in [-0.2, 0) is 9.53 Å². The number of aromatic amines is 1. The standard InChI is InChI=1S/C18H16N4O5/c1-9(18(24)26-3)27-13-5-4-10(6-14(13)25-2)15-11(7-19)16(21)22-17(23)12(15)8-20/h4-6,9H,1-3H3,(H3,21,22,23). The van der Waals surface area contributed by atoms with Crippen LogP contribution < -0.4 is 20.8 Å². The topological polar surface area (TPSA) is 151 Å². The van der Waals surface area contributed by atoms with Crippen LogP contribution in [-0.4, -0.2) is 31.3 Å². The molecule has 0 saturated heterocycles. The van der Waals surface area contributed by atoms with Crippen molar-refractivity contribution >= 4 is 11.8 Å². The van der Waals surface area contributed by atoms with Crippen molar-refractivity contribution in [3.8, 4) is 34.8 Å². The molecule has 0 spiro atoms. The highest BCUT2D eigenvalue weighted by Crippen LogP contribution is 2.36. The van der Waals surface area contributed by atoms with Gasteiger partial charge in [0.25, 0.3) is 5.56 Å². The van der Waals surface area contributed by atoms with Crippen LogP contribution in [0, 0.1) is 22.7 Å². The number of nitrogens with one attached hydrogen (secondary N) is 1. The number of H-pyrrole nitrogens is 1. The van der Waals surface area contributed by atoms with Crippen molar-refractivity contribution in [2.45, 2.75) is 13.0 Å². The number of nitrogens with two attached hydrogens (primary N) is 1. The fourth-order valence-electron chi connectivity index (χ4n) is 2.46. The van der Waals surface area contributed by atoms with Gasteiger partial charge >= 0.3 is 5.97 Å². The van der Waals surface area contributed by atoms with Crippen molar-refractivity contribution < 1.29 is 19.0 Å². The molecule has 2 aromatic rings. The van der Waals surface area contributed by atoms with Gasteiger partial charge in [-0.3, -0.25) is 4.79 Å². The van der Waals surface area contributed by atoms with Crippen molar-refractivity contribution in [2.75, 3.05) is 20.0 Å². The summed E-state index contributed by atoms with van der Waals surface area (Å²) in [4.78, 5) is 25.8. The van der Waals surface area contributed by atoms with E-state index < -0.39 is 17.6 Å². The molecule has 27 heavy (non-hydrogen) atoms. The molecule has 9 nitrogen and oxygen atoms in total. The zero-order valence-corrected chi connectivity index (χ0v) is 14.8. The van der Waals surface area contributed by atoms with Crippen LogP contribution in [0.3, 0.4) is 0 Å². The van der Waals surface area contributed by atoms with Crippen LogP contribution in [0.15, 0.2) is 23.0 Å². The minimum Gasteiger partial charge on any atom is -0.493 e. The normalized spacial score (nSPS) is 11.0. The lowest BCUT2D eigenvalue weighted by atomic mass is 9.96. The first kappa shape index (κ1) is 19.3. The Morgan fingerprint density at radius 1 is 1.19 bits per heavy atom. The molecule has 2 rings (SSSR count). The summed E-state index contributed by atoms with van der Waals surface area (Å²) in [5.74, 6) is -0.235. The number of nitrogens with zero attached hydrogens (tertiary/aromatic N) is 2. The van der Waals surface area contributed by atoms with Crippen molar-refractivity contribution in [2.24, 2.45) is 0 Å². The van der Waals surface area contributed by atoms with Crippen LogP contribution in [0.4, 0.5) is 5.82 Å². The number of hydrogen-bond acceptors (Lipinski definition) is 8. The molecule has 0 fully saturated rings. The van der Waals surface area contributed by atoms with E-state index in [1.54, 1.807) is 6.07 Å². The first-order valence-corrected chi connectivity index (χ1v) is 7.66. The van der Waals surface area contributed by atoms with Gasteiger partial charge in [-0.2, -0.15) is 10.5 Å². The molecule has 1 aromatic carbocycles. The maximum absolute atomic E-state index is 12.0. The summed E-state index contributed by atoms with van der Waals surface area (Å²) in [7, 11) is 2.63. The second-order valence-corrected chi connectivity index (χ2v) is 5.37. The molecular weight excluding hydrogens is 352 g/mol. The number of pyridine rings is 1. The second-order valence-electron chi connectivity index (χ2n) is 5.37. The number of methoxy groups -OCH3 is 2. The maximum Gasteiger partial charge on any atom is 0.346 e. The molecule has 0 radical (unpaired) electrons. The predicted octanol–water partition coefficient (Wildman–Crippen LogP) is 1.32. The third-order valence-corrected chi connectivity index (χ3v) is 3.76. The molecule has 0 aliphatic heterocycles. The number of benzene rings is 1. The Morgan fingerprint density at radius 2 is 1.85 bits per heavy atom. The van der Waals surface area contributed by atoms with Crippen LogP contribution in [0.2, 0.25) is 0 Å². The number of aromatic nitrogens is 1. The van der Waals surface area contributed by atoms with Gasteiger partial charge in [0.05, 0.1) is 14.2 Å². The van der Waals surface area contributed by atoms with Gasteiger partial charge in [0.15, 0.2) is 17.6 Å². The molecular formula is C18H16N4O5. The lowest BCUT2D eigenvalue weighted by Gasteiger charge is -2.16. The number of rotatable bonds is 5. The van der Waals surface area contributed by atoms with Gasteiger partial charge in [0.2, 0.25) is 0 Å². The average Bonchev–Trinajstić information content (AvgIpc) is 2.67. The summed E-state index contributed by atoms with van der Waals surface area (Å²) in [6.45, 7) is 1.51. The number of hydrogen-bond donors (Lipinski definition) is 2. The van der Waals surface area contributed by atoms with Crippen molar-refractivity contribution in [3.05, 3.63) is 39.7 Å². The molecule has 0 saturated carbocycles. The fourth-order valence-corrected chi connectivity index (χ4v) is 2.46. The fraction of sp³-hybridized carbons (Fsp3) is 0.222. The SMILES string of the molecule is COC(=O)C(C)Oc1ccc(-c2c(C#N)c(N)[nH]c(=O)c2C#N)cc1OC.